The minimum Gasteiger partial charge on any atom is -0.393 e. The molecule has 3 rings (SSSR count). The van der Waals surface area contributed by atoms with E-state index in [0.29, 0.717) is 5.92 Å². The van der Waals surface area contributed by atoms with Crippen molar-refractivity contribution in [3.8, 4) is 0 Å². The van der Waals surface area contributed by atoms with E-state index in [4.69, 9.17) is 0 Å². The smallest absolute Gasteiger partial charge is 0.0574 e. The molecule has 2 saturated carbocycles. The van der Waals surface area contributed by atoms with E-state index in [-0.39, 0.29) is 6.10 Å². The van der Waals surface area contributed by atoms with Crippen LogP contribution in [0.5, 0.6) is 0 Å². The summed E-state index contributed by atoms with van der Waals surface area (Å²) in [5.74, 6) is 3.16. The molecule has 0 heterocycles. The van der Waals surface area contributed by atoms with Gasteiger partial charge in [-0.05, 0) is 42.9 Å². The molecule has 11 heavy (non-hydrogen) atoms. The molecule has 0 saturated heterocycles. The Labute approximate surface area is 67.1 Å². The van der Waals surface area contributed by atoms with Crippen LogP contribution in [0, 0.1) is 23.7 Å². The molecule has 0 aliphatic heterocycles. The summed E-state index contributed by atoms with van der Waals surface area (Å²) in [6.45, 7) is 0. The molecule has 2 fully saturated rings. The first-order valence-corrected chi connectivity index (χ1v) is 4.71. The zero-order chi connectivity index (χ0) is 7.42. The van der Waals surface area contributed by atoms with Gasteiger partial charge in [0.2, 0.25) is 0 Å². The highest BCUT2D eigenvalue weighted by molar-refractivity contribution is 5.14. The second kappa shape index (κ2) is 1.89. The summed E-state index contributed by atoms with van der Waals surface area (Å²) in [5, 5.41) is 9.64. The third kappa shape index (κ3) is 0.652. The van der Waals surface area contributed by atoms with Crippen LogP contribution in [-0.4, -0.2) is 11.2 Å². The van der Waals surface area contributed by atoms with Crippen molar-refractivity contribution in [3.05, 3.63) is 12.2 Å². The first-order valence-electron chi connectivity index (χ1n) is 4.71. The monoisotopic (exact) mass is 150 g/mol. The molecule has 1 N–H and O–H groups in total. The van der Waals surface area contributed by atoms with E-state index in [2.05, 4.69) is 12.2 Å². The van der Waals surface area contributed by atoms with Crippen LogP contribution in [0.1, 0.15) is 19.3 Å². The summed E-state index contributed by atoms with van der Waals surface area (Å²) in [5.41, 5.74) is 0. The zero-order valence-electron chi connectivity index (χ0n) is 6.61. The Morgan fingerprint density at radius 3 is 3.00 bits per heavy atom. The van der Waals surface area contributed by atoms with Gasteiger partial charge in [0.05, 0.1) is 6.10 Å². The number of hydrogen-bond donors (Lipinski definition) is 1. The lowest BCUT2D eigenvalue weighted by Crippen LogP contribution is -2.27. The Morgan fingerprint density at radius 2 is 2.09 bits per heavy atom. The van der Waals surface area contributed by atoms with Gasteiger partial charge >= 0.3 is 0 Å². The average molecular weight is 150 g/mol. The first-order chi connectivity index (χ1) is 5.36. The maximum Gasteiger partial charge on any atom is 0.0574 e. The van der Waals surface area contributed by atoms with Crippen molar-refractivity contribution in [1.82, 2.24) is 0 Å². The molecule has 5 atom stereocenters. The van der Waals surface area contributed by atoms with Gasteiger partial charge in [-0.2, -0.15) is 0 Å². The molecule has 60 valence electrons. The third-order valence-electron chi connectivity index (χ3n) is 3.97. The van der Waals surface area contributed by atoms with Gasteiger partial charge in [0.15, 0.2) is 0 Å². The Balaban J connectivity index is 1.94. The van der Waals surface area contributed by atoms with Crippen LogP contribution in [0.15, 0.2) is 12.2 Å². The molecule has 0 aromatic rings. The lowest BCUT2D eigenvalue weighted by molar-refractivity contribution is 0.0697. The normalized spacial score (nSPS) is 58.8. The van der Waals surface area contributed by atoms with E-state index >= 15 is 0 Å². The van der Waals surface area contributed by atoms with Crippen LogP contribution in [0.2, 0.25) is 0 Å². The van der Waals surface area contributed by atoms with E-state index < -0.39 is 0 Å². The number of allylic oxidation sites excluding steroid dienone is 2. The van der Waals surface area contributed by atoms with Crippen molar-refractivity contribution >= 4 is 0 Å². The number of aliphatic hydroxyl groups excluding tert-OH is 1. The molecular formula is C10H14O. The first kappa shape index (κ1) is 6.24. The van der Waals surface area contributed by atoms with Crippen molar-refractivity contribution in [2.45, 2.75) is 25.4 Å². The fraction of sp³-hybridized carbons (Fsp3) is 0.800. The van der Waals surface area contributed by atoms with Crippen molar-refractivity contribution in [2.24, 2.45) is 23.7 Å². The molecule has 3 aliphatic rings. The van der Waals surface area contributed by atoms with Gasteiger partial charge in [-0.1, -0.05) is 12.2 Å². The number of fused-ring (bicyclic) bond motifs is 5. The van der Waals surface area contributed by atoms with Crippen LogP contribution in [0.3, 0.4) is 0 Å². The van der Waals surface area contributed by atoms with Crippen LogP contribution in [0.4, 0.5) is 0 Å². The molecule has 0 amide bonds. The van der Waals surface area contributed by atoms with Crippen LogP contribution in [0.25, 0.3) is 0 Å². The number of aliphatic hydroxyl groups is 1. The summed E-state index contributed by atoms with van der Waals surface area (Å²) in [6, 6.07) is 0. The van der Waals surface area contributed by atoms with Gasteiger partial charge in [0, 0.05) is 0 Å². The highest BCUT2D eigenvalue weighted by Crippen LogP contribution is 2.56. The molecule has 0 radical (unpaired) electrons. The van der Waals surface area contributed by atoms with Gasteiger partial charge in [-0.25, -0.2) is 0 Å². The van der Waals surface area contributed by atoms with E-state index in [1.165, 1.54) is 12.8 Å². The molecule has 2 bridgehead atoms. The van der Waals surface area contributed by atoms with Gasteiger partial charge in [0.1, 0.15) is 0 Å². The molecule has 1 unspecified atom stereocenters. The minimum absolute atomic E-state index is 0.0427. The van der Waals surface area contributed by atoms with E-state index in [1.54, 1.807) is 0 Å². The Bertz CT molecular complexity index is 209. The van der Waals surface area contributed by atoms with Crippen molar-refractivity contribution in [3.63, 3.8) is 0 Å². The summed E-state index contributed by atoms with van der Waals surface area (Å²) in [6.07, 6.45) is 8.37. The van der Waals surface area contributed by atoms with E-state index in [9.17, 15) is 5.11 Å². The van der Waals surface area contributed by atoms with Crippen molar-refractivity contribution < 1.29 is 5.11 Å². The largest absolute Gasteiger partial charge is 0.393 e. The van der Waals surface area contributed by atoms with Gasteiger partial charge in [0.25, 0.3) is 0 Å². The lowest BCUT2D eigenvalue weighted by Gasteiger charge is -2.27. The molecule has 0 spiro atoms. The quantitative estimate of drug-likeness (QED) is 0.520. The standard InChI is InChI=1S/C10H14O/c11-10-5-6-4-9(10)8-3-1-2-7(6)8/h1-2,6-11H,3-5H2/t6-,7+,8+,9-,10?/m1/s1. The Kier molecular flexibility index (Phi) is 1.07. The lowest BCUT2D eigenvalue weighted by atomic mass is 9.80. The van der Waals surface area contributed by atoms with Crippen LogP contribution >= 0.6 is 0 Å². The molecule has 1 nitrogen and oxygen atoms in total. The summed E-state index contributed by atoms with van der Waals surface area (Å²) >= 11 is 0. The Hall–Kier alpha value is -0.300. The summed E-state index contributed by atoms with van der Waals surface area (Å²) in [7, 11) is 0. The maximum atomic E-state index is 9.64. The minimum atomic E-state index is 0.0427. The molecule has 1 heteroatoms. The highest BCUT2D eigenvalue weighted by atomic mass is 16.3. The van der Waals surface area contributed by atoms with Crippen molar-refractivity contribution in [1.29, 1.82) is 0 Å². The number of hydrogen-bond acceptors (Lipinski definition) is 1. The number of rotatable bonds is 0. The summed E-state index contributed by atoms with van der Waals surface area (Å²) in [4.78, 5) is 0. The fourth-order valence-corrected chi connectivity index (χ4v) is 3.52. The highest BCUT2D eigenvalue weighted by Gasteiger charge is 2.51. The SMILES string of the molecule is OC1C[C@H]2C[C@@H]1[C@H]1CC=C[C@@H]21. The Morgan fingerprint density at radius 1 is 1.18 bits per heavy atom. The maximum absolute atomic E-state index is 9.64. The molecule has 0 aromatic heterocycles. The van der Waals surface area contributed by atoms with Crippen LogP contribution in [-0.2, 0) is 0 Å². The van der Waals surface area contributed by atoms with Gasteiger partial charge in [-0.15, -0.1) is 0 Å². The predicted molar refractivity (Wildman–Crippen MR) is 43.0 cm³/mol. The van der Waals surface area contributed by atoms with Gasteiger partial charge in [-0.3, -0.25) is 0 Å². The van der Waals surface area contributed by atoms with E-state index in [1.807, 2.05) is 0 Å². The van der Waals surface area contributed by atoms with Crippen molar-refractivity contribution in [2.75, 3.05) is 0 Å². The molecule has 0 aromatic carbocycles. The fourth-order valence-electron chi connectivity index (χ4n) is 3.52. The topological polar surface area (TPSA) is 20.2 Å². The zero-order valence-corrected chi connectivity index (χ0v) is 6.61. The molecular weight excluding hydrogens is 136 g/mol. The second-order valence-corrected chi connectivity index (χ2v) is 4.37. The third-order valence-corrected chi connectivity index (χ3v) is 3.97. The van der Waals surface area contributed by atoms with Gasteiger partial charge < -0.3 is 5.11 Å². The average Bonchev–Trinajstić information content (AvgIpc) is 2.52. The predicted octanol–water partition coefficient (Wildman–Crippen LogP) is 1.58. The van der Waals surface area contributed by atoms with E-state index in [0.717, 1.165) is 24.2 Å². The van der Waals surface area contributed by atoms with Crippen LogP contribution < -0.4 is 0 Å². The second-order valence-electron chi connectivity index (χ2n) is 4.37. The molecule has 3 aliphatic carbocycles. The summed E-state index contributed by atoms with van der Waals surface area (Å²) < 4.78 is 0.